The van der Waals surface area contributed by atoms with E-state index in [2.05, 4.69) is 523 Å². The van der Waals surface area contributed by atoms with Gasteiger partial charge in [0.25, 0.3) is 0 Å². The molecule has 0 fully saturated rings. The van der Waals surface area contributed by atoms with Crippen LogP contribution in [0, 0.1) is 5.41 Å². The molecule has 6 heteroatoms. The van der Waals surface area contributed by atoms with Crippen LogP contribution in [0.15, 0.2) is 413 Å². The zero-order valence-electron chi connectivity index (χ0n) is 78.8. The summed E-state index contributed by atoms with van der Waals surface area (Å²) in [7, 11) is 0. The van der Waals surface area contributed by atoms with Crippen LogP contribution in [-0.4, -0.2) is 27.4 Å². The zero-order chi connectivity index (χ0) is 91.5. The van der Waals surface area contributed by atoms with Gasteiger partial charge in [0.15, 0.2) is 0 Å². The van der Waals surface area contributed by atoms with Crippen LogP contribution in [0.25, 0.3) is 198 Å². The van der Waals surface area contributed by atoms with Crippen LogP contribution in [0.4, 0.5) is 0 Å². The van der Waals surface area contributed by atoms with Gasteiger partial charge in [0.2, 0.25) is 0 Å². The van der Waals surface area contributed by atoms with E-state index in [-0.39, 0.29) is 21.7 Å². The molecule has 24 aromatic rings. The molecular formula is C128H112N6. The second kappa shape index (κ2) is 33.5. The van der Waals surface area contributed by atoms with Gasteiger partial charge >= 0.3 is 0 Å². The van der Waals surface area contributed by atoms with E-state index in [1.165, 1.54) is 221 Å². The maximum absolute atomic E-state index is 2.43. The first-order valence-corrected chi connectivity index (χ1v) is 47.9. The van der Waals surface area contributed by atoms with E-state index in [9.17, 15) is 0 Å². The minimum Gasteiger partial charge on any atom is -0.309 e. The lowest BCUT2D eigenvalue weighted by atomic mass is 9.82. The standard InChI is InChI=1S/C46H44N2.2C41H34N2/c1-7-45(3,4)33-23-25-43-39(29-33)37-19-9-11-21-41(37)47(43)35-17-13-15-31(27-35)32-16-14-18-36(28-32)48-42-22-12-10-20-38(42)40-30-34(24-26-44(40)48)46(5,6)8-2;1-41(2,3)27-28-22-23-40-36(24-28)35-18-6-9-21-39(35)43(40)32-15-11-13-30(26-32)29-12-10-14-31(25-29)42-37-19-7-4-16-33(37)34-17-5-8-20-38(34)42;1-4-41(2,3)30-23-24-40-36(27-30)35-19-7-10-22-39(35)43(40)32-16-12-14-29(26-32)28-13-11-15-31(25-28)42-37-20-8-5-17-33(37)34-18-6-9-21-38(34)42/h9-30H,7-8H2,1-6H3;4-26H,27H2,1-3H3;5-27H,4H2,1-3H3. The van der Waals surface area contributed by atoms with Crippen LogP contribution in [-0.2, 0) is 22.7 Å². The third-order valence-electron chi connectivity index (χ3n) is 29.3. The fourth-order valence-corrected chi connectivity index (χ4v) is 21.0. The van der Waals surface area contributed by atoms with Crippen molar-refractivity contribution in [3.8, 4) is 67.5 Å². The van der Waals surface area contributed by atoms with Gasteiger partial charge < -0.3 is 27.4 Å². The molecule has 0 aliphatic carbocycles. The SMILES string of the molecule is CC(C)(C)Cc1ccc2c(c1)c1ccccc1n2-c1cccc(-c2cccc(-n3c4ccccc4c4ccccc43)c2)c1.CCC(C)(C)c1ccc2c(c1)c1ccccc1n2-c1cccc(-c2cccc(-n3c4ccccc4c4cc(C(C)(C)CC)ccc43)c2)c1.CCC(C)(C)c1ccc2c(c1)c1ccccc1n2-c1cccc(-c2cccc(-n3c4ccccc4c4ccccc43)c2)c1. The maximum Gasteiger partial charge on any atom is 0.0541 e. The van der Waals surface area contributed by atoms with Gasteiger partial charge in [0.05, 0.1) is 66.2 Å². The zero-order valence-corrected chi connectivity index (χ0v) is 78.8. The summed E-state index contributed by atoms with van der Waals surface area (Å²) in [6.45, 7) is 27.8. The quantitative estimate of drug-likeness (QED) is 0.0923. The summed E-state index contributed by atoms with van der Waals surface area (Å²) < 4.78 is 14.5. The lowest BCUT2D eigenvalue weighted by Crippen LogP contribution is -2.15. The van der Waals surface area contributed by atoms with Gasteiger partial charge in [0.1, 0.15) is 0 Å². The van der Waals surface area contributed by atoms with Gasteiger partial charge in [-0.25, -0.2) is 0 Å². The Hall–Kier alpha value is -15.2. The number of aromatic nitrogens is 6. The highest BCUT2D eigenvalue weighted by Gasteiger charge is 2.27. The number of benzene rings is 18. The Morgan fingerprint density at radius 2 is 0.343 bits per heavy atom. The molecule has 6 nitrogen and oxygen atoms in total. The third-order valence-corrected chi connectivity index (χ3v) is 29.3. The Morgan fingerprint density at radius 3 is 0.545 bits per heavy atom. The molecule has 0 saturated heterocycles. The first kappa shape index (κ1) is 84.3. The fraction of sp³-hybridized carbons (Fsp3) is 0.156. The van der Waals surface area contributed by atoms with Crippen molar-refractivity contribution in [1.82, 2.24) is 27.4 Å². The second-order valence-corrected chi connectivity index (χ2v) is 39.9. The van der Waals surface area contributed by atoms with Crippen molar-refractivity contribution in [2.24, 2.45) is 5.41 Å². The summed E-state index contributed by atoms with van der Waals surface area (Å²) in [5, 5.41) is 15.6. The van der Waals surface area contributed by atoms with Crippen LogP contribution in [0.3, 0.4) is 0 Å². The molecular weight excluding hydrogens is 1620 g/mol. The van der Waals surface area contributed by atoms with E-state index < -0.39 is 0 Å². The third kappa shape index (κ3) is 14.8. The first-order chi connectivity index (χ1) is 65.2. The van der Waals surface area contributed by atoms with Crippen molar-refractivity contribution in [2.75, 3.05) is 0 Å². The molecule has 0 unspecified atom stereocenters. The van der Waals surface area contributed by atoms with E-state index in [1.54, 1.807) is 0 Å². The Bertz CT molecular complexity index is 8420. The number of nitrogens with zero attached hydrogens (tertiary/aromatic N) is 6. The number of hydrogen-bond acceptors (Lipinski definition) is 0. The monoisotopic (exact) mass is 1730 g/mol. The van der Waals surface area contributed by atoms with Crippen LogP contribution in [0.1, 0.15) is 125 Å². The highest BCUT2D eigenvalue weighted by Crippen LogP contribution is 2.45. The van der Waals surface area contributed by atoms with E-state index in [1.807, 2.05) is 0 Å². The summed E-state index contributed by atoms with van der Waals surface area (Å²) in [4.78, 5) is 0. The van der Waals surface area contributed by atoms with Gasteiger partial charge in [-0.3, -0.25) is 0 Å². The molecule has 0 amide bonds. The number of para-hydroxylation sites is 8. The Balaban J connectivity index is 0.000000117. The molecule has 0 bridgehead atoms. The minimum atomic E-state index is 0.132. The van der Waals surface area contributed by atoms with Gasteiger partial charge in [-0.05, 0) is 273 Å². The lowest BCUT2D eigenvalue weighted by molar-refractivity contribution is 0.411. The highest BCUT2D eigenvalue weighted by atomic mass is 15.0. The second-order valence-electron chi connectivity index (χ2n) is 39.9. The molecule has 134 heavy (non-hydrogen) atoms. The molecule has 0 spiro atoms. The smallest absolute Gasteiger partial charge is 0.0541 e. The minimum absolute atomic E-state index is 0.132. The number of rotatable bonds is 16. The van der Waals surface area contributed by atoms with Crippen molar-refractivity contribution >= 4 is 131 Å². The normalized spacial score (nSPS) is 12.3. The summed E-state index contributed by atoms with van der Waals surface area (Å²) in [6, 6.07) is 152. The van der Waals surface area contributed by atoms with Gasteiger partial charge in [0, 0.05) is 98.8 Å². The predicted octanol–water partition coefficient (Wildman–Crippen LogP) is 35.3. The van der Waals surface area contributed by atoms with Crippen LogP contribution < -0.4 is 0 Å². The Morgan fingerprint density at radius 1 is 0.164 bits per heavy atom. The topological polar surface area (TPSA) is 29.6 Å². The van der Waals surface area contributed by atoms with Crippen molar-refractivity contribution in [2.45, 2.75) is 125 Å². The number of fused-ring (bicyclic) bond motifs is 18. The summed E-state index contributed by atoms with van der Waals surface area (Å²) in [6.07, 6.45) is 4.36. The van der Waals surface area contributed by atoms with Crippen LogP contribution >= 0.6 is 0 Å². The average Bonchev–Trinajstić information content (AvgIpc) is 1.60. The van der Waals surface area contributed by atoms with Crippen molar-refractivity contribution in [1.29, 1.82) is 0 Å². The highest BCUT2D eigenvalue weighted by molar-refractivity contribution is 6.15. The molecule has 24 rings (SSSR count). The molecule has 6 aromatic heterocycles. The largest absolute Gasteiger partial charge is 0.309 e. The van der Waals surface area contributed by atoms with E-state index >= 15 is 0 Å². The van der Waals surface area contributed by atoms with E-state index in [0.29, 0.717) is 0 Å². The van der Waals surface area contributed by atoms with Crippen molar-refractivity contribution < 1.29 is 0 Å². The molecule has 0 atom stereocenters. The lowest BCUT2D eigenvalue weighted by Gasteiger charge is -2.23. The molecule has 0 saturated carbocycles. The van der Waals surface area contributed by atoms with E-state index in [4.69, 9.17) is 0 Å². The molecule has 654 valence electrons. The summed E-state index contributed by atoms with van der Waals surface area (Å²) in [5.41, 5.74) is 35.3. The molecule has 18 aromatic carbocycles. The van der Waals surface area contributed by atoms with E-state index in [0.717, 1.165) is 25.7 Å². The van der Waals surface area contributed by atoms with Crippen molar-refractivity contribution in [3.05, 3.63) is 435 Å². The first-order valence-electron chi connectivity index (χ1n) is 47.9. The molecule has 0 aliphatic rings. The van der Waals surface area contributed by atoms with Gasteiger partial charge in [-0.1, -0.05) is 326 Å². The Kier molecular flexibility index (Phi) is 21.1. The van der Waals surface area contributed by atoms with Crippen molar-refractivity contribution in [3.63, 3.8) is 0 Å². The van der Waals surface area contributed by atoms with Gasteiger partial charge in [-0.15, -0.1) is 0 Å². The predicted molar refractivity (Wildman–Crippen MR) is 575 cm³/mol. The average molecular weight is 1730 g/mol. The Labute approximate surface area is 785 Å². The fourth-order valence-electron chi connectivity index (χ4n) is 21.0. The maximum atomic E-state index is 2.43. The molecule has 0 N–H and O–H groups in total. The summed E-state index contributed by atoms with van der Waals surface area (Å²) >= 11 is 0. The molecule has 6 heterocycles. The molecule has 0 aliphatic heterocycles. The summed E-state index contributed by atoms with van der Waals surface area (Å²) in [5.74, 6) is 0. The van der Waals surface area contributed by atoms with Gasteiger partial charge in [-0.2, -0.15) is 0 Å². The van der Waals surface area contributed by atoms with Crippen LogP contribution in [0.5, 0.6) is 0 Å². The molecule has 0 radical (unpaired) electrons. The number of hydrogen-bond donors (Lipinski definition) is 0. The van der Waals surface area contributed by atoms with Crippen LogP contribution in [0.2, 0.25) is 0 Å².